The summed E-state index contributed by atoms with van der Waals surface area (Å²) in [5.41, 5.74) is 0.112. The molecule has 0 radical (unpaired) electrons. The number of hydrogen-bond acceptors (Lipinski definition) is 4. The van der Waals surface area contributed by atoms with Crippen molar-refractivity contribution in [2.75, 3.05) is 52.4 Å². The maximum Gasteiger partial charge on any atom is 0.236 e. The molecule has 130 valence electrons. The number of carbonyl (C=O) groups is 1. The second-order valence-corrected chi connectivity index (χ2v) is 7.96. The molecule has 0 aromatic heterocycles. The summed E-state index contributed by atoms with van der Waals surface area (Å²) in [6.45, 7) is 8.05. The van der Waals surface area contributed by atoms with Crippen LogP contribution in [-0.2, 0) is 9.53 Å². The van der Waals surface area contributed by atoms with Crippen molar-refractivity contribution in [2.24, 2.45) is 0 Å². The molecule has 4 rings (SSSR count). The van der Waals surface area contributed by atoms with E-state index in [0.29, 0.717) is 18.5 Å². The number of rotatable bonds is 3. The van der Waals surface area contributed by atoms with Crippen molar-refractivity contribution in [3.63, 3.8) is 0 Å². The van der Waals surface area contributed by atoms with Crippen LogP contribution in [-0.4, -0.2) is 84.7 Å². The highest BCUT2D eigenvalue weighted by molar-refractivity contribution is 5.78. The third-order valence-corrected chi connectivity index (χ3v) is 6.43. The Labute approximate surface area is 139 Å². The van der Waals surface area contributed by atoms with Crippen LogP contribution in [0, 0.1) is 0 Å². The van der Waals surface area contributed by atoms with Crippen LogP contribution in [0.3, 0.4) is 0 Å². The molecular formula is C18H31N3O2. The van der Waals surface area contributed by atoms with E-state index in [0.717, 1.165) is 45.6 Å². The number of piperidine rings is 1. The summed E-state index contributed by atoms with van der Waals surface area (Å²) >= 11 is 0. The third-order valence-electron chi connectivity index (χ3n) is 6.43. The van der Waals surface area contributed by atoms with Crippen LogP contribution in [0.5, 0.6) is 0 Å². The highest BCUT2D eigenvalue weighted by Gasteiger charge is 2.44. The zero-order valence-electron chi connectivity index (χ0n) is 14.3. The Morgan fingerprint density at radius 3 is 2.30 bits per heavy atom. The van der Waals surface area contributed by atoms with Crippen molar-refractivity contribution in [3.8, 4) is 0 Å². The minimum Gasteiger partial charge on any atom is -0.373 e. The number of amides is 1. The van der Waals surface area contributed by atoms with E-state index in [2.05, 4.69) is 9.80 Å². The molecule has 0 aromatic rings. The Bertz CT molecular complexity index is 422. The first kappa shape index (κ1) is 15.9. The third kappa shape index (κ3) is 3.42. The predicted octanol–water partition coefficient (Wildman–Crippen LogP) is 1.33. The molecular weight excluding hydrogens is 290 g/mol. The molecule has 1 atom stereocenters. The molecule has 4 aliphatic rings. The SMILES string of the molecule is O=C(CN1CCC2(CC1)CC(N1CCCC1)CO2)N1CCCC1. The van der Waals surface area contributed by atoms with E-state index in [1.165, 1.54) is 45.2 Å². The quantitative estimate of drug-likeness (QED) is 0.786. The minimum atomic E-state index is 0.112. The van der Waals surface area contributed by atoms with Crippen molar-refractivity contribution >= 4 is 5.91 Å². The second kappa shape index (κ2) is 6.69. The summed E-state index contributed by atoms with van der Waals surface area (Å²) in [6, 6.07) is 0.648. The van der Waals surface area contributed by atoms with Gasteiger partial charge in [-0.3, -0.25) is 14.6 Å². The van der Waals surface area contributed by atoms with Gasteiger partial charge in [-0.15, -0.1) is 0 Å². The number of nitrogens with zero attached hydrogens (tertiary/aromatic N) is 3. The molecule has 0 saturated carbocycles. The van der Waals surface area contributed by atoms with E-state index in [-0.39, 0.29) is 5.60 Å². The summed E-state index contributed by atoms with van der Waals surface area (Å²) < 4.78 is 6.30. The number of ether oxygens (including phenoxy) is 1. The monoisotopic (exact) mass is 321 g/mol. The zero-order chi connectivity index (χ0) is 15.7. The van der Waals surface area contributed by atoms with Gasteiger partial charge in [0.15, 0.2) is 0 Å². The Balaban J connectivity index is 1.25. The fourth-order valence-corrected chi connectivity index (χ4v) is 4.89. The van der Waals surface area contributed by atoms with Gasteiger partial charge in [0, 0.05) is 32.2 Å². The van der Waals surface area contributed by atoms with Crippen molar-refractivity contribution in [1.29, 1.82) is 0 Å². The van der Waals surface area contributed by atoms with Crippen molar-refractivity contribution in [1.82, 2.24) is 14.7 Å². The van der Waals surface area contributed by atoms with Crippen LogP contribution in [0.2, 0.25) is 0 Å². The molecule has 0 N–H and O–H groups in total. The summed E-state index contributed by atoms with van der Waals surface area (Å²) in [5, 5.41) is 0. The van der Waals surface area contributed by atoms with Gasteiger partial charge in [-0.2, -0.15) is 0 Å². The van der Waals surface area contributed by atoms with E-state index in [9.17, 15) is 4.79 Å². The highest BCUT2D eigenvalue weighted by Crippen LogP contribution is 2.38. The van der Waals surface area contributed by atoms with Gasteiger partial charge in [0.05, 0.1) is 18.8 Å². The highest BCUT2D eigenvalue weighted by atomic mass is 16.5. The molecule has 4 saturated heterocycles. The lowest BCUT2D eigenvalue weighted by Crippen LogP contribution is -2.48. The lowest BCUT2D eigenvalue weighted by atomic mass is 9.87. The molecule has 0 aromatic carbocycles. The summed E-state index contributed by atoms with van der Waals surface area (Å²) in [4.78, 5) is 19.3. The fraction of sp³-hybridized carbons (Fsp3) is 0.944. The smallest absolute Gasteiger partial charge is 0.236 e. The van der Waals surface area contributed by atoms with Crippen molar-refractivity contribution in [2.45, 2.75) is 56.6 Å². The van der Waals surface area contributed by atoms with E-state index in [1.807, 2.05) is 4.90 Å². The Kier molecular flexibility index (Phi) is 4.61. The van der Waals surface area contributed by atoms with Gasteiger partial charge < -0.3 is 9.64 Å². The fourth-order valence-electron chi connectivity index (χ4n) is 4.89. The number of hydrogen-bond donors (Lipinski definition) is 0. The van der Waals surface area contributed by atoms with Crippen LogP contribution in [0.4, 0.5) is 0 Å². The number of likely N-dealkylation sites (tertiary alicyclic amines) is 3. The van der Waals surface area contributed by atoms with Gasteiger partial charge in [-0.05, 0) is 58.0 Å². The van der Waals surface area contributed by atoms with E-state index >= 15 is 0 Å². The molecule has 5 heteroatoms. The zero-order valence-corrected chi connectivity index (χ0v) is 14.3. The lowest BCUT2D eigenvalue weighted by Gasteiger charge is -2.39. The van der Waals surface area contributed by atoms with Gasteiger partial charge >= 0.3 is 0 Å². The van der Waals surface area contributed by atoms with Gasteiger partial charge in [0.25, 0.3) is 0 Å². The van der Waals surface area contributed by atoms with E-state index < -0.39 is 0 Å². The molecule has 23 heavy (non-hydrogen) atoms. The first-order valence-electron chi connectivity index (χ1n) is 9.62. The Hall–Kier alpha value is -0.650. The van der Waals surface area contributed by atoms with Crippen LogP contribution in [0.15, 0.2) is 0 Å². The predicted molar refractivity (Wildman–Crippen MR) is 89.4 cm³/mol. The molecule has 4 aliphatic heterocycles. The maximum atomic E-state index is 12.3. The van der Waals surface area contributed by atoms with Gasteiger partial charge in [0.2, 0.25) is 5.91 Å². The molecule has 0 aliphatic carbocycles. The molecule has 1 unspecified atom stereocenters. The topological polar surface area (TPSA) is 36.0 Å². The molecule has 1 spiro atoms. The Morgan fingerprint density at radius 2 is 1.61 bits per heavy atom. The summed E-state index contributed by atoms with van der Waals surface area (Å²) in [6.07, 6.45) is 8.49. The average molecular weight is 321 g/mol. The van der Waals surface area contributed by atoms with Gasteiger partial charge in [-0.25, -0.2) is 0 Å². The van der Waals surface area contributed by atoms with Crippen LogP contribution >= 0.6 is 0 Å². The molecule has 4 fully saturated rings. The first-order chi connectivity index (χ1) is 11.2. The average Bonchev–Trinajstić information content (AvgIpc) is 3.32. The molecule has 1 amide bonds. The maximum absolute atomic E-state index is 12.3. The van der Waals surface area contributed by atoms with E-state index in [1.54, 1.807) is 0 Å². The first-order valence-corrected chi connectivity index (χ1v) is 9.62. The second-order valence-electron chi connectivity index (χ2n) is 7.96. The van der Waals surface area contributed by atoms with Crippen molar-refractivity contribution < 1.29 is 9.53 Å². The molecule has 5 nitrogen and oxygen atoms in total. The van der Waals surface area contributed by atoms with Crippen LogP contribution in [0.1, 0.15) is 44.9 Å². The lowest BCUT2D eigenvalue weighted by molar-refractivity contribution is -0.132. The molecule has 4 heterocycles. The van der Waals surface area contributed by atoms with E-state index in [4.69, 9.17) is 4.74 Å². The van der Waals surface area contributed by atoms with Crippen molar-refractivity contribution in [3.05, 3.63) is 0 Å². The normalized spacial score (nSPS) is 32.2. The standard InChI is InChI=1S/C18H31N3O2/c22-17(21-9-3-4-10-21)14-19-11-5-18(6-12-19)13-16(15-23-18)20-7-1-2-8-20/h16H,1-15H2. The number of carbonyl (C=O) groups excluding carboxylic acids is 1. The summed E-state index contributed by atoms with van der Waals surface area (Å²) in [7, 11) is 0. The Morgan fingerprint density at radius 1 is 0.957 bits per heavy atom. The molecule has 0 bridgehead atoms. The summed E-state index contributed by atoms with van der Waals surface area (Å²) in [5.74, 6) is 0.334. The minimum absolute atomic E-state index is 0.112. The van der Waals surface area contributed by atoms with Crippen LogP contribution in [0.25, 0.3) is 0 Å². The van der Waals surface area contributed by atoms with Crippen LogP contribution < -0.4 is 0 Å². The largest absolute Gasteiger partial charge is 0.373 e. The van der Waals surface area contributed by atoms with Gasteiger partial charge in [-0.1, -0.05) is 0 Å². The van der Waals surface area contributed by atoms with Gasteiger partial charge in [0.1, 0.15) is 0 Å².